The Bertz CT molecular complexity index is 747. The molecule has 0 aliphatic rings. The first kappa shape index (κ1) is 15.1. The molecule has 1 heterocycles. The van der Waals surface area contributed by atoms with Gasteiger partial charge in [0.1, 0.15) is 0 Å². The number of fused-ring (bicyclic) bond motifs is 1. The number of aromatic nitrogens is 1. The Morgan fingerprint density at radius 1 is 1.29 bits per heavy atom. The Labute approximate surface area is 127 Å². The molecule has 2 rings (SSSR count). The lowest BCUT2D eigenvalue weighted by Gasteiger charge is -2.09. The summed E-state index contributed by atoms with van der Waals surface area (Å²) in [6.07, 6.45) is 0.817. The van der Waals surface area contributed by atoms with Crippen LogP contribution in [0.25, 0.3) is 10.9 Å². The number of nitrogens with zero attached hydrogens (tertiary/aromatic N) is 3. The molecule has 1 aromatic carbocycles. The first-order valence-electron chi connectivity index (χ1n) is 6.45. The molecule has 0 fully saturated rings. The summed E-state index contributed by atoms with van der Waals surface area (Å²) in [5.74, 6) is -0.151. The van der Waals surface area contributed by atoms with E-state index in [0.717, 1.165) is 28.6 Å². The Hall–Kier alpha value is -2.34. The summed E-state index contributed by atoms with van der Waals surface area (Å²) in [5.41, 5.74) is 19.5. The molecule has 0 atom stereocenters. The van der Waals surface area contributed by atoms with Crippen molar-refractivity contribution >= 4 is 40.1 Å². The third-order valence-electron chi connectivity index (χ3n) is 3.05. The van der Waals surface area contributed by atoms with Crippen LogP contribution in [-0.4, -0.2) is 16.9 Å². The van der Waals surface area contributed by atoms with Gasteiger partial charge in [-0.3, -0.25) is 4.98 Å². The van der Waals surface area contributed by atoms with Gasteiger partial charge < -0.3 is 17.2 Å². The van der Waals surface area contributed by atoms with Gasteiger partial charge in [0.2, 0.25) is 5.96 Å². The number of aryl methyl sites for hydroxylation is 1. The fraction of sp³-hybridized carbons (Fsp3) is 0.214. The number of rotatable bonds is 2. The maximum atomic E-state index is 6.45. The zero-order valence-electron chi connectivity index (χ0n) is 11.9. The van der Waals surface area contributed by atoms with Crippen LogP contribution in [0.4, 0.5) is 5.69 Å². The summed E-state index contributed by atoms with van der Waals surface area (Å²) in [6.45, 7) is 3.99. The Kier molecular flexibility index (Phi) is 4.28. The van der Waals surface area contributed by atoms with Crippen molar-refractivity contribution in [3.05, 3.63) is 34.5 Å². The van der Waals surface area contributed by atoms with Gasteiger partial charge in [-0.1, -0.05) is 18.5 Å². The normalized spacial score (nSPS) is 11.7. The molecule has 0 spiro atoms. The zero-order chi connectivity index (χ0) is 15.6. The molecule has 0 saturated heterocycles. The van der Waals surface area contributed by atoms with Crippen molar-refractivity contribution in [2.24, 2.45) is 27.2 Å². The fourth-order valence-electron chi connectivity index (χ4n) is 2.14. The highest BCUT2D eigenvalue weighted by atomic mass is 35.5. The second kappa shape index (κ2) is 5.97. The average Bonchev–Trinajstić information content (AvgIpc) is 2.39. The average molecular weight is 305 g/mol. The van der Waals surface area contributed by atoms with Crippen molar-refractivity contribution in [2.75, 3.05) is 0 Å². The number of aliphatic imine (C=N–C) groups is 2. The van der Waals surface area contributed by atoms with Gasteiger partial charge in [0.05, 0.1) is 16.2 Å². The van der Waals surface area contributed by atoms with E-state index in [4.69, 9.17) is 28.8 Å². The van der Waals surface area contributed by atoms with Crippen molar-refractivity contribution in [1.29, 1.82) is 0 Å². The number of hydrogen-bond acceptors (Lipinski definition) is 2. The minimum atomic E-state index is -0.138. The van der Waals surface area contributed by atoms with E-state index in [1.54, 1.807) is 6.07 Å². The van der Waals surface area contributed by atoms with Crippen LogP contribution in [0.15, 0.2) is 28.2 Å². The fourth-order valence-corrected chi connectivity index (χ4v) is 2.56. The van der Waals surface area contributed by atoms with Crippen LogP contribution in [0, 0.1) is 6.92 Å². The zero-order valence-corrected chi connectivity index (χ0v) is 12.6. The topological polar surface area (TPSA) is 116 Å². The molecule has 1 aromatic heterocycles. The molecule has 0 aliphatic heterocycles. The molecule has 2 aromatic rings. The maximum absolute atomic E-state index is 6.45. The molecule has 0 saturated carbocycles. The van der Waals surface area contributed by atoms with Crippen LogP contribution < -0.4 is 17.2 Å². The largest absolute Gasteiger partial charge is 0.370 e. The van der Waals surface area contributed by atoms with E-state index in [2.05, 4.69) is 15.0 Å². The third-order valence-corrected chi connectivity index (χ3v) is 3.48. The van der Waals surface area contributed by atoms with Gasteiger partial charge in [0.25, 0.3) is 0 Å². The summed E-state index contributed by atoms with van der Waals surface area (Å²) in [6, 6.07) is 5.44. The van der Waals surface area contributed by atoms with Gasteiger partial charge in [-0.25, -0.2) is 4.99 Å². The standard InChI is InChI=1S/C14H17ClN6/c1-3-9-7(2)19-11-5-4-8(6-10(11)12(9)15)20-14(18)21-13(16)17/h4-6H,3H2,1-2H3,(H6,16,17,18,20,21). The third kappa shape index (κ3) is 3.22. The van der Waals surface area contributed by atoms with E-state index in [9.17, 15) is 0 Å². The van der Waals surface area contributed by atoms with Crippen LogP contribution in [0.1, 0.15) is 18.2 Å². The van der Waals surface area contributed by atoms with Gasteiger partial charge in [0, 0.05) is 11.1 Å². The summed E-state index contributed by atoms with van der Waals surface area (Å²) < 4.78 is 0. The molecule has 6 nitrogen and oxygen atoms in total. The quantitative estimate of drug-likeness (QED) is 0.581. The first-order valence-corrected chi connectivity index (χ1v) is 6.82. The highest BCUT2D eigenvalue weighted by Gasteiger charge is 2.10. The Morgan fingerprint density at radius 3 is 2.62 bits per heavy atom. The van der Waals surface area contributed by atoms with Crippen LogP contribution >= 0.6 is 11.6 Å². The van der Waals surface area contributed by atoms with E-state index in [0.29, 0.717) is 10.7 Å². The minimum absolute atomic E-state index is 0.0127. The molecule has 21 heavy (non-hydrogen) atoms. The van der Waals surface area contributed by atoms with Crippen molar-refractivity contribution in [1.82, 2.24) is 4.98 Å². The number of pyridine rings is 1. The van der Waals surface area contributed by atoms with Crippen molar-refractivity contribution in [2.45, 2.75) is 20.3 Å². The molecular formula is C14H17ClN6. The van der Waals surface area contributed by atoms with Crippen LogP contribution in [0.2, 0.25) is 5.02 Å². The number of hydrogen-bond donors (Lipinski definition) is 3. The predicted molar refractivity (Wildman–Crippen MR) is 88.0 cm³/mol. The summed E-state index contributed by atoms with van der Waals surface area (Å²) in [4.78, 5) is 12.3. The van der Waals surface area contributed by atoms with Crippen LogP contribution in [-0.2, 0) is 6.42 Å². The predicted octanol–water partition coefficient (Wildman–Crippen LogP) is 1.98. The second-order valence-electron chi connectivity index (χ2n) is 4.55. The van der Waals surface area contributed by atoms with E-state index < -0.39 is 0 Å². The summed E-state index contributed by atoms with van der Waals surface area (Å²) in [7, 11) is 0. The van der Waals surface area contributed by atoms with Gasteiger partial charge in [-0.05, 0) is 37.1 Å². The lowest BCUT2D eigenvalue weighted by molar-refractivity contribution is 1.07. The minimum Gasteiger partial charge on any atom is -0.370 e. The summed E-state index contributed by atoms with van der Waals surface area (Å²) in [5, 5.41) is 1.52. The van der Waals surface area contributed by atoms with Gasteiger partial charge in [-0.2, -0.15) is 4.99 Å². The highest BCUT2D eigenvalue weighted by Crippen LogP contribution is 2.31. The summed E-state index contributed by atoms with van der Waals surface area (Å²) >= 11 is 6.45. The van der Waals surface area contributed by atoms with Gasteiger partial charge in [-0.15, -0.1) is 0 Å². The van der Waals surface area contributed by atoms with E-state index in [1.807, 2.05) is 26.0 Å². The van der Waals surface area contributed by atoms with E-state index >= 15 is 0 Å². The lowest BCUT2D eigenvalue weighted by Crippen LogP contribution is -2.26. The number of benzene rings is 1. The number of nitrogens with two attached hydrogens (primary N) is 3. The number of halogens is 1. The monoisotopic (exact) mass is 304 g/mol. The molecule has 0 aliphatic carbocycles. The molecule has 6 N–H and O–H groups in total. The van der Waals surface area contributed by atoms with Gasteiger partial charge in [0.15, 0.2) is 5.96 Å². The molecule has 0 radical (unpaired) electrons. The Balaban J connectivity index is 2.58. The van der Waals surface area contributed by atoms with Crippen molar-refractivity contribution in [3.8, 4) is 0 Å². The molecule has 0 amide bonds. The van der Waals surface area contributed by atoms with Gasteiger partial charge >= 0.3 is 0 Å². The molecular weight excluding hydrogens is 288 g/mol. The smallest absolute Gasteiger partial charge is 0.223 e. The highest BCUT2D eigenvalue weighted by molar-refractivity contribution is 6.36. The maximum Gasteiger partial charge on any atom is 0.223 e. The van der Waals surface area contributed by atoms with E-state index in [1.165, 1.54) is 0 Å². The molecule has 0 unspecified atom stereocenters. The molecule has 110 valence electrons. The molecule has 0 bridgehead atoms. The Morgan fingerprint density at radius 2 is 2.00 bits per heavy atom. The first-order chi connectivity index (χ1) is 9.92. The van der Waals surface area contributed by atoms with Crippen LogP contribution in [0.3, 0.4) is 0 Å². The van der Waals surface area contributed by atoms with Crippen molar-refractivity contribution in [3.63, 3.8) is 0 Å². The van der Waals surface area contributed by atoms with E-state index in [-0.39, 0.29) is 11.9 Å². The SMILES string of the molecule is CCc1c(C)nc2ccc(N=C(N)N=C(N)N)cc2c1Cl. The molecule has 7 heteroatoms. The number of guanidine groups is 2. The van der Waals surface area contributed by atoms with Crippen LogP contribution in [0.5, 0.6) is 0 Å². The lowest BCUT2D eigenvalue weighted by atomic mass is 10.1. The second-order valence-corrected chi connectivity index (χ2v) is 4.93. The van der Waals surface area contributed by atoms with Crippen molar-refractivity contribution < 1.29 is 0 Å².